The first-order chi connectivity index (χ1) is 16.1. The van der Waals surface area contributed by atoms with Crippen molar-refractivity contribution in [2.75, 3.05) is 32.8 Å². The zero-order valence-electron chi connectivity index (χ0n) is 19.7. The summed E-state index contributed by atoms with van der Waals surface area (Å²) in [5.41, 5.74) is 2.96. The molecule has 1 atom stereocenters. The molecule has 6 nitrogen and oxygen atoms in total. The summed E-state index contributed by atoms with van der Waals surface area (Å²) in [4.78, 5) is 29.7. The highest BCUT2D eigenvalue weighted by Gasteiger charge is 2.31. The predicted octanol–water partition coefficient (Wildman–Crippen LogP) is 4.76. The van der Waals surface area contributed by atoms with Crippen LogP contribution in [0.5, 0.6) is 11.5 Å². The second-order valence-electron chi connectivity index (χ2n) is 8.90. The fourth-order valence-electron chi connectivity index (χ4n) is 4.80. The number of benzene rings is 2. The van der Waals surface area contributed by atoms with E-state index in [0.29, 0.717) is 23.7 Å². The first-order valence-electron chi connectivity index (χ1n) is 12.1. The van der Waals surface area contributed by atoms with Crippen LogP contribution in [0.15, 0.2) is 42.5 Å². The van der Waals surface area contributed by atoms with E-state index in [2.05, 4.69) is 31.2 Å². The Balaban J connectivity index is 1.48. The largest absolute Gasteiger partial charge is 0.490 e. The molecule has 2 amide bonds. The Morgan fingerprint density at radius 1 is 0.939 bits per heavy atom. The molecule has 2 heterocycles. The second-order valence-corrected chi connectivity index (χ2v) is 8.90. The van der Waals surface area contributed by atoms with Crippen LogP contribution in [0.4, 0.5) is 0 Å². The van der Waals surface area contributed by atoms with Gasteiger partial charge in [0, 0.05) is 25.2 Å². The van der Waals surface area contributed by atoms with Gasteiger partial charge in [-0.2, -0.15) is 0 Å². The molecule has 4 rings (SSSR count). The van der Waals surface area contributed by atoms with Crippen LogP contribution in [0.2, 0.25) is 0 Å². The monoisotopic (exact) mass is 450 g/mol. The topological polar surface area (TPSA) is 59.1 Å². The lowest BCUT2D eigenvalue weighted by Gasteiger charge is -2.27. The molecule has 33 heavy (non-hydrogen) atoms. The van der Waals surface area contributed by atoms with Crippen LogP contribution in [0, 0.1) is 6.92 Å². The fraction of sp³-hybridized carbons (Fsp3) is 0.481. The van der Waals surface area contributed by atoms with Crippen LogP contribution in [0.1, 0.15) is 66.6 Å². The Labute approximate surface area is 196 Å². The summed E-state index contributed by atoms with van der Waals surface area (Å²) >= 11 is 0. The molecule has 2 aliphatic rings. The summed E-state index contributed by atoms with van der Waals surface area (Å²) in [6.45, 7) is 6.74. The first-order valence-corrected chi connectivity index (χ1v) is 12.1. The minimum atomic E-state index is -0.0189. The lowest BCUT2D eigenvalue weighted by atomic mass is 10.0. The molecule has 0 N–H and O–H groups in total. The van der Waals surface area contributed by atoms with Crippen LogP contribution in [-0.4, -0.2) is 54.5 Å². The summed E-state index contributed by atoms with van der Waals surface area (Å²) in [5, 5.41) is 0. The zero-order chi connectivity index (χ0) is 23.2. The van der Waals surface area contributed by atoms with Gasteiger partial charge in [0.1, 0.15) is 0 Å². The number of carbonyl (C=O) groups excluding carboxylic acids is 2. The van der Waals surface area contributed by atoms with Gasteiger partial charge in [0.15, 0.2) is 18.1 Å². The van der Waals surface area contributed by atoms with Gasteiger partial charge >= 0.3 is 0 Å². The van der Waals surface area contributed by atoms with Crippen molar-refractivity contribution in [1.82, 2.24) is 9.80 Å². The maximum atomic E-state index is 13.4. The summed E-state index contributed by atoms with van der Waals surface area (Å²) in [6, 6.07) is 13.8. The smallest absolute Gasteiger partial charge is 0.260 e. The molecule has 0 saturated carbocycles. The molecule has 176 valence electrons. The normalized spacial score (nSPS) is 18.3. The number of piperidine rings is 1. The highest BCUT2D eigenvalue weighted by molar-refractivity contribution is 5.95. The Morgan fingerprint density at radius 2 is 1.76 bits per heavy atom. The Hall–Kier alpha value is -3.02. The van der Waals surface area contributed by atoms with Crippen molar-refractivity contribution in [3.05, 3.63) is 59.2 Å². The van der Waals surface area contributed by atoms with Crippen LogP contribution in [0.25, 0.3) is 0 Å². The van der Waals surface area contributed by atoms with E-state index >= 15 is 0 Å². The van der Waals surface area contributed by atoms with Crippen molar-refractivity contribution in [1.29, 1.82) is 0 Å². The summed E-state index contributed by atoms with van der Waals surface area (Å²) in [5.74, 6) is 0.989. The highest BCUT2D eigenvalue weighted by atomic mass is 16.5. The van der Waals surface area contributed by atoms with Crippen molar-refractivity contribution in [3.63, 3.8) is 0 Å². The number of aryl methyl sites for hydroxylation is 1. The van der Waals surface area contributed by atoms with Gasteiger partial charge in [-0.15, -0.1) is 0 Å². The number of hydrogen-bond acceptors (Lipinski definition) is 4. The number of nitrogens with zero attached hydrogens (tertiary/aromatic N) is 2. The maximum Gasteiger partial charge on any atom is 0.260 e. The number of ether oxygens (including phenoxy) is 2. The maximum absolute atomic E-state index is 13.4. The molecular weight excluding hydrogens is 416 g/mol. The standard InChI is InChI=1S/C27H34N2O4/c1-3-32-25-18-22(12-13-24(25)33-19-26(30)28-14-5-4-6-15-28)27(31)29-16-8-11-23(29)21-10-7-9-20(2)17-21/h7,9-10,12-13,17-18,23H,3-6,8,11,14-16,19H2,1-2H3. The average molecular weight is 451 g/mol. The molecular formula is C27H34N2O4. The third kappa shape index (κ3) is 5.49. The van der Waals surface area contributed by atoms with Crippen molar-refractivity contribution in [2.24, 2.45) is 0 Å². The molecule has 2 saturated heterocycles. The number of hydrogen-bond donors (Lipinski definition) is 0. The van der Waals surface area contributed by atoms with E-state index in [1.165, 1.54) is 17.5 Å². The molecule has 0 spiro atoms. The Morgan fingerprint density at radius 3 is 2.52 bits per heavy atom. The van der Waals surface area contributed by atoms with Gasteiger partial charge in [-0.1, -0.05) is 29.8 Å². The Kier molecular flexibility index (Phi) is 7.53. The first kappa shape index (κ1) is 23.1. The van der Waals surface area contributed by atoms with E-state index in [1.54, 1.807) is 18.2 Å². The lowest BCUT2D eigenvalue weighted by molar-refractivity contribution is -0.134. The van der Waals surface area contributed by atoms with E-state index in [4.69, 9.17) is 9.47 Å². The van der Waals surface area contributed by atoms with Crippen molar-refractivity contribution < 1.29 is 19.1 Å². The number of rotatable bonds is 7. The third-order valence-corrected chi connectivity index (χ3v) is 6.49. The van der Waals surface area contributed by atoms with Crippen LogP contribution in [-0.2, 0) is 4.79 Å². The molecule has 0 bridgehead atoms. The Bertz CT molecular complexity index is 984. The van der Waals surface area contributed by atoms with Gasteiger partial charge in [0.25, 0.3) is 11.8 Å². The number of carbonyl (C=O) groups is 2. The van der Waals surface area contributed by atoms with Gasteiger partial charge in [-0.05, 0) is 69.7 Å². The van der Waals surface area contributed by atoms with Crippen molar-refractivity contribution in [2.45, 2.75) is 52.0 Å². The molecule has 2 aliphatic heterocycles. The van der Waals surface area contributed by atoms with E-state index in [-0.39, 0.29) is 24.5 Å². The predicted molar refractivity (Wildman–Crippen MR) is 128 cm³/mol. The fourth-order valence-corrected chi connectivity index (χ4v) is 4.80. The van der Waals surface area contributed by atoms with E-state index in [9.17, 15) is 9.59 Å². The minimum absolute atomic E-state index is 0.00379. The molecule has 1 unspecified atom stereocenters. The lowest BCUT2D eigenvalue weighted by Crippen LogP contribution is -2.38. The van der Waals surface area contributed by atoms with E-state index < -0.39 is 0 Å². The minimum Gasteiger partial charge on any atom is -0.490 e. The number of likely N-dealkylation sites (tertiary alicyclic amines) is 2. The molecule has 0 aliphatic carbocycles. The van der Waals surface area contributed by atoms with Gasteiger partial charge in [-0.25, -0.2) is 0 Å². The van der Waals surface area contributed by atoms with Gasteiger partial charge < -0.3 is 19.3 Å². The molecule has 2 aromatic carbocycles. The summed E-state index contributed by atoms with van der Waals surface area (Å²) < 4.78 is 11.6. The molecule has 2 fully saturated rings. The van der Waals surface area contributed by atoms with Gasteiger partial charge in [-0.3, -0.25) is 9.59 Å². The van der Waals surface area contributed by atoms with E-state index in [1.807, 2.05) is 16.7 Å². The van der Waals surface area contributed by atoms with Crippen LogP contribution in [0.3, 0.4) is 0 Å². The molecule has 0 aromatic heterocycles. The molecule has 2 aromatic rings. The quantitative estimate of drug-likeness (QED) is 0.610. The van der Waals surface area contributed by atoms with Crippen molar-refractivity contribution in [3.8, 4) is 11.5 Å². The van der Waals surface area contributed by atoms with E-state index in [0.717, 1.165) is 45.3 Å². The highest BCUT2D eigenvalue weighted by Crippen LogP contribution is 2.35. The third-order valence-electron chi connectivity index (χ3n) is 6.49. The SMILES string of the molecule is CCOc1cc(C(=O)N2CCCC2c2cccc(C)c2)ccc1OCC(=O)N1CCCCC1. The van der Waals surface area contributed by atoms with Crippen LogP contribution >= 0.6 is 0 Å². The molecule has 6 heteroatoms. The zero-order valence-corrected chi connectivity index (χ0v) is 19.7. The number of amides is 2. The molecule has 0 radical (unpaired) electrons. The average Bonchev–Trinajstić information content (AvgIpc) is 3.33. The van der Waals surface area contributed by atoms with Crippen molar-refractivity contribution >= 4 is 11.8 Å². The summed E-state index contributed by atoms with van der Waals surface area (Å²) in [6.07, 6.45) is 5.23. The second kappa shape index (κ2) is 10.7. The van der Waals surface area contributed by atoms with Gasteiger partial charge in [0.2, 0.25) is 0 Å². The summed E-state index contributed by atoms with van der Waals surface area (Å²) in [7, 11) is 0. The van der Waals surface area contributed by atoms with Crippen LogP contribution < -0.4 is 9.47 Å². The van der Waals surface area contributed by atoms with Gasteiger partial charge in [0.05, 0.1) is 12.6 Å².